The Morgan fingerprint density at radius 2 is 1.69 bits per heavy atom. The van der Waals surface area contributed by atoms with Crippen molar-refractivity contribution in [2.45, 2.75) is 19.8 Å². The van der Waals surface area contributed by atoms with E-state index in [1.165, 1.54) is 19.2 Å². The summed E-state index contributed by atoms with van der Waals surface area (Å²) in [4.78, 5) is 23.1. The van der Waals surface area contributed by atoms with Gasteiger partial charge in [0.2, 0.25) is 5.95 Å². The molecule has 1 aromatic heterocycles. The van der Waals surface area contributed by atoms with Crippen molar-refractivity contribution < 1.29 is 13.9 Å². The quantitative estimate of drug-likeness (QED) is 0.845. The zero-order chi connectivity index (χ0) is 18.9. The molecule has 0 saturated carbocycles. The Bertz CT molecular complexity index is 686. The van der Waals surface area contributed by atoms with Gasteiger partial charge >= 0.3 is 5.97 Å². The predicted molar refractivity (Wildman–Crippen MR) is 98.7 cm³/mol. The molecular formula is C19H25FN4O2. The molecule has 1 N–H and O–H groups in total. The Morgan fingerprint density at radius 3 is 2.23 bits per heavy atom. The molecule has 1 aliphatic heterocycles. The molecule has 1 atom stereocenters. The largest absolute Gasteiger partial charge is 0.468 e. The molecule has 2 heterocycles. The number of methoxy groups -OCH3 is 1. The summed E-state index contributed by atoms with van der Waals surface area (Å²) < 4.78 is 18.0. The van der Waals surface area contributed by atoms with Gasteiger partial charge in [0.15, 0.2) is 0 Å². The third-order valence-corrected chi connectivity index (χ3v) is 4.03. The van der Waals surface area contributed by atoms with Crippen LogP contribution in [0.15, 0.2) is 36.7 Å². The van der Waals surface area contributed by atoms with Gasteiger partial charge in [-0.15, -0.1) is 0 Å². The van der Waals surface area contributed by atoms with Gasteiger partial charge < -0.3 is 15.0 Å². The van der Waals surface area contributed by atoms with Crippen molar-refractivity contribution in [2.24, 2.45) is 0 Å². The van der Waals surface area contributed by atoms with Crippen molar-refractivity contribution in [1.82, 2.24) is 15.3 Å². The topological polar surface area (TPSA) is 67.3 Å². The van der Waals surface area contributed by atoms with Gasteiger partial charge in [0.25, 0.3) is 0 Å². The van der Waals surface area contributed by atoms with E-state index in [4.69, 9.17) is 4.74 Å². The first-order valence-corrected chi connectivity index (χ1v) is 8.80. The Morgan fingerprint density at radius 1 is 1.12 bits per heavy atom. The van der Waals surface area contributed by atoms with Crippen LogP contribution in [0.2, 0.25) is 0 Å². The van der Waals surface area contributed by atoms with E-state index in [-0.39, 0.29) is 5.82 Å². The number of nitrogens with one attached hydrogen (secondary N) is 1. The maximum absolute atomic E-state index is 13.1. The van der Waals surface area contributed by atoms with Gasteiger partial charge in [-0.05, 0) is 17.7 Å². The van der Waals surface area contributed by atoms with Gasteiger partial charge in [0, 0.05) is 44.1 Å². The summed E-state index contributed by atoms with van der Waals surface area (Å²) in [6.07, 6.45) is 3.27. The number of nitrogens with zero attached hydrogens (tertiary/aromatic N) is 3. The van der Waals surface area contributed by atoms with Crippen molar-refractivity contribution in [1.29, 1.82) is 0 Å². The van der Waals surface area contributed by atoms with Crippen LogP contribution in [-0.2, 0) is 9.53 Å². The molecule has 6 nitrogen and oxygen atoms in total. The minimum atomic E-state index is -0.673. The second-order valence-electron chi connectivity index (χ2n) is 5.56. The van der Waals surface area contributed by atoms with Crippen LogP contribution in [0.3, 0.4) is 0 Å². The lowest BCUT2D eigenvalue weighted by atomic mass is 9.93. The number of aromatic nitrogens is 2. The number of hydrogen-bond donors (Lipinski definition) is 1. The van der Waals surface area contributed by atoms with Crippen LogP contribution in [0, 0.1) is 5.82 Å². The Balaban J connectivity index is 0.00000117. The monoisotopic (exact) mass is 360 g/mol. The van der Waals surface area contributed by atoms with E-state index in [1.54, 1.807) is 24.5 Å². The molecule has 140 valence electrons. The number of anilines is 1. The standard InChI is InChI=1S/C17H19FN4O2.C2H6/c1-24-16(23)15(12-2-4-14(18)5-3-12)13-10-20-17(21-11-13)22-8-6-19-7-9-22;1-2/h2-5,10-11,15,19H,6-9H2,1H3;1-2H3. The first-order chi connectivity index (χ1) is 12.7. The first kappa shape index (κ1) is 19.8. The van der Waals surface area contributed by atoms with E-state index in [2.05, 4.69) is 20.2 Å². The summed E-state index contributed by atoms with van der Waals surface area (Å²) in [5, 5.41) is 3.27. The van der Waals surface area contributed by atoms with E-state index < -0.39 is 11.9 Å². The number of halogens is 1. The second-order valence-corrected chi connectivity index (χ2v) is 5.56. The summed E-state index contributed by atoms with van der Waals surface area (Å²) in [5.41, 5.74) is 1.26. The molecule has 1 unspecified atom stereocenters. The molecule has 0 amide bonds. The van der Waals surface area contributed by atoms with Crippen molar-refractivity contribution in [2.75, 3.05) is 38.2 Å². The second kappa shape index (κ2) is 9.82. The van der Waals surface area contributed by atoms with E-state index in [0.717, 1.165) is 26.2 Å². The summed E-state index contributed by atoms with van der Waals surface area (Å²) in [7, 11) is 1.33. The zero-order valence-electron chi connectivity index (χ0n) is 15.4. The third kappa shape index (κ3) is 4.76. The minimum absolute atomic E-state index is 0.354. The van der Waals surface area contributed by atoms with Crippen LogP contribution < -0.4 is 10.2 Å². The number of benzene rings is 1. The van der Waals surface area contributed by atoms with E-state index in [9.17, 15) is 9.18 Å². The fraction of sp³-hybridized carbons (Fsp3) is 0.421. The highest BCUT2D eigenvalue weighted by atomic mass is 19.1. The van der Waals surface area contributed by atoms with Gasteiger partial charge in [-0.1, -0.05) is 26.0 Å². The molecule has 0 radical (unpaired) electrons. The lowest BCUT2D eigenvalue weighted by molar-refractivity contribution is -0.141. The Kier molecular flexibility index (Phi) is 7.47. The zero-order valence-corrected chi connectivity index (χ0v) is 15.4. The van der Waals surface area contributed by atoms with Gasteiger partial charge in [0.05, 0.1) is 7.11 Å². The molecular weight excluding hydrogens is 335 g/mol. The molecule has 3 rings (SSSR count). The number of hydrogen-bond acceptors (Lipinski definition) is 6. The lowest BCUT2D eigenvalue weighted by Crippen LogP contribution is -2.44. The van der Waals surface area contributed by atoms with Crippen molar-refractivity contribution in [3.05, 3.63) is 53.6 Å². The summed E-state index contributed by atoms with van der Waals surface area (Å²) in [5.74, 6) is -0.816. The number of esters is 1. The van der Waals surface area contributed by atoms with E-state index in [0.29, 0.717) is 17.1 Å². The SMILES string of the molecule is CC.COC(=O)C(c1ccc(F)cc1)c1cnc(N2CCNCC2)nc1. The average molecular weight is 360 g/mol. The molecule has 2 aromatic rings. The maximum atomic E-state index is 13.1. The highest BCUT2D eigenvalue weighted by molar-refractivity contribution is 5.81. The van der Waals surface area contributed by atoms with Crippen LogP contribution in [0.25, 0.3) is 0 Å². The highest BCUT2D eigenvalue weighted by Crippen LogP contribution is 2.26. The van der Waals surface area contributed by atoms with Crippen LogP contribution in [0.1, 0.15) is 30.9 Å². The van der Waals surface area contributed by atoms with Crippen LogP contribution in [0.4, 0.5) is 10.3 Å². The first-order valence-electron chi connectivity index (χ1n) is 8.80. The molecule has 26 heavy (non-hydrogen) atoms. The van der Waals surface area contributed by atoms with Gasteiger partial charge in [0.1, 0.15) is 11.7 Å². The Hall–Kier alpha value is -2.54. The van der Waals surface area contributed by atoms with Crippen LogP contribution >= 0.6 is 0 Å². The molecule has 1 aliphatic rings. The fourth-order valence-electron chi connectivity index (χ4n) is 2.75. The highest BCUT2D eigenvalue weighted by Gasteiger charge is 2.25. The predicted octanol–water partition coefficient (Wildman–Crippen LogP) is 2.36. The van der Waals surface area contributed by atoms with Crippen molar-refractivity contribution >= 4 is 11.9 Å². The minimum Gasteiger partial charge on any atom is -0.468 e. The molecule has 1 saturated heterocycles. The maximum Gasteiger partial charge on any atom is 0.317 e. The smallest absolute Gasteiger partial charge is 0.317 e. The summed E-state index contributed by atoms with van der Waals surface area (Å²) >= 11 is 0. The van der Waals surface area contributed by atoms with Gasteiger partial charge in [-0.25, -0.2) is 14.4 Å². The molecule has 0 bridgehead atoms. The summed E-state index contributed by atoms with van der Waals surface area (Å²) in [6.45, 7) is 7.48. The average Bonchev–Trinajstić information content (AvgIpc) is 2.72. The van der Waals surface area contributed by atoms with Crippen LogP contribution in [0.5, 0.6) is 0 Å². The molecule has 1 fully saturated rings. The molecule has 1 aromatic carbocycles. The number of ether oxygens (including phenoxy) is 1. The van der Waals surface area contributed by atoms with Crippen molar-refractivity contribution in [3.8, 4) is 0 Å². The van der Waals surface area contributed by atoms with Crippen molar-refractivity contribution in [3.63, 3.8) is 0 Å². The number of rotatable bonds is 4. The number of piperazine rings is 1. The van der Waals surface area contributed by atoms with Gasteiger partial charge in [-0.3, -0.25) is 4.79 Å². The summed E-state index contributed by atoms with van der Waals surface area (Å²) in [6, 6.07) is 5.78. The lowest BCUT2D eigenvalue weighted by Gasteiger charge is -2.27. The normalized spacial score (nSPS) is 14.8. The van der Waals surface area contributed by atoms with Crippen LogP contribution in [-0.4, -0.2) is 49.2 Å². The third-order valence-electron chi connectivity index (χ3n) is 4.03. The van der Waals surface area contributed by atoms with E-state index in [1.807, 2.05) is 13.8 Å². The van der Waals surface area contributed by atoms with E-state index >= 15 is 0 Å². The van der Waals surface area contributed by atoms with Gasteiger partial charge in [-0.2, -0.15) is 0 Å². The number of carbonyl (C=O) groups is 1. The fourth-order valence-corrected chi connectivity index (χ4v) is 2.75. The molecule has 0 aliphatic carbocycles. The molecule has 7 heteroatoms. The number of carbonyl (C=O) groups excluding carboxylic acids is 1. The Labute approximate surface area is 153 Å². The molecule has 0 spiro atoms.